The maximum absolute atomic E-state index is 11.8. The summed E-state index contributed by atoms with van der Waals surface area (Å²) in [7, 11) is -3.18. The van der Waals surface area contributed by atoms with E-state index in [0.717, 1.165) is 5.76 Å². The van der Waals surface area contributed by atoms with Crippen LogP contribution in [0.2, 0.25) is 0 Å². The number of anilines is 2. The van der Waals surface area contributed by atoms with E-state index >= 15 is 0 Å². The third kappa shape index (κ3) is 5.41. The third-order valence-corrected chi connectivity index (χ3v) is 7.47. The number of carbonyl (C=O) groups excluding carboxylic acids is 1. The number of nitrogens with two attached hydrogens (primary N) is 1. The zero-order valence-electron chi connectivity index (χ0n) is 19.9. The molecule has 2 fully saturated rings. The summed E-state index contributed by atoms with van der Waals surface area (Å²) in [6, 6.07) is 4.62. The molecule has 2 aliphatic rings. The minimum Gasteiger partial charge on any atom is -0.454 e. The predicted molar refractivity (Wildman–Crippen MR) is 133 cm³/mol. The van der Waals surface area contributed by atoms with E-state index in [0.29, 0.717) is 93.2 Å². The second-order valence-electron chi connectivity index (χ2n) is 8.76. The minimum atomic E-state index is -3.18. The smallest absolute Gasteiger partial charge is 0.317 e. The number of amides is 2. The molecule has 0 atom stereocenters. The monoisotopic (exact) mass is 516 g/mol. The van der Waals surface area contributed by atoms with Crippen molar-refractivity contribution in [1.29, 1.82) is 0 Å². The summed E-state index contributed by atoms with van der Waals surface area (Å²) in [5.74, 6) is 2.24. The Morgan fingerprint density at radius 1 is 1.11 bits per heavy atom. The fraction of sp³-hybridized carbons (Fsp3) is 0.455. The number of fused-ring (bicyclic) bond motifs is 1. The number of sulfonamides is 1. The number of morpholine rings is 1. The summed E-state index contributed by atoms with van der Waals surface area (Å²) in [5.41, 5.74) is 7.12. The molecule has 0 unspecified atom stereocenters. The molecule has 36 heavy (non-hydrogen) atoms. The van der Waals surface area contributed by atoms with E-state index in [1.165, 1.54) is 10.6 Å². The van der Waals surface area contributed by atoms with Gasteiger partial charge in [-0.3, -0.25) is 10.2 Å². The maximum Gasteiger partial charge on any atom is 0.317 e. The molecule has 0 aliphatic carbocycles. The average Bonchev–Trinajstić information content (AvgIpc) is 3.26. The van der Waals surface area contributed by atoms with E-state index in [4.69, 9.17) is 24.9 Å². The Morgan fingerprint density at radius 3 is 2.50 bits per heavy atom. The molecule has 13 nitrogen and oxygen atoms in total. The molecule has 2 aliphatic heterocycles. The number of carbonyl (C=O) groups is 1. The number of urea groups is 1. The van der Waals surface area contributed by atoms with Crippen molar-refractivity contribution < 1.29 is 22.4 Å². The van der Waals surface area contributed by atoms with Crippen molar-refractivity contribution >= 4 is 38.8 Å². The van der Waals surface area contributed by atoms with Gasteiger partial charge >= 0.3 is 6.03 Å². The molecule has 5 rings (SSSR count). The van der Waals surface area contributed by atoms with Gasteiger partial charge in [-0.15, -0.1) is 0 Å². The van der Waals surface area contributed by atoms with Gasteiger partial charge < -0.3 is 19.8 Å². The number of aromatic nitrogens is 3. The topological polar surface area (TPSA) is 160 Å². The lowest BCUT2D eigenvalue weighted by molar-refractivity contribution is 0.122. The Kier molecular flexibility index (Phi) is 6.75. The molecule has 0 radical (unpaired) electrons. The fourth-order valence-electron chi connectivity index (χ4n) is 4.33. The molecule has 0 spiro atoms. The molecule has 0 aromatic carbocycles. The van der Waals surface area contributed by atoms with Gasteiger partial charge in [-0.05, 0) is 12.1 Å². The quantitative estimate of drug-likeness (QED) is 0.477. The van der Waals surface area contributed by atoms with Gasteiger partial charge in [0.05, 0.1) is 26.0 Å². The fourth-order valence-corrected chi connectivity index (χ4v) is 5.15. The Bertz CT molecular complexity index is 1350. The SMILES string of the molecule is CS(=O)(=O)N1CCN(Cc2cc3nc(-c4ccc(NC(N)=O)nc4)nc(N4CCOCC4)c3o2)CC1. The summed E-state index contributed by atoms with van der Waals surface area (Å²) in [6.45, 7) is 5.22. The molecule has 0 bridgehead atoms. The van der Waals surface area contributed by atoms with Crippen LogP contribution in [0.4, 0.5) is 16.4 Å². The van der Waals surface area contributed by atoms with Crippen LogP contribution in [0, 0.1) is 0 Å². The lowest BCUT2D eigenvalue weighted by Crippen LogP contribution is -2.47. The van der Waals surface area contributed by atoms with E-state index in [-0.39, 0.29) is 0 Å². The predicted octanol–water partition coefficient (Wildman–Crippen LogP) is 0.689. The normalized spacial score (nSPS) is 18.0. The highest BCUT2D eigenvalue weighted by molar-refractivity contribution is 7.88. The van der Waals surface area contributed by atoms with Crippen LogP contribution in [0.1, 0.15) is 5.76 Å². The molecular formula is C22H28N8O5S. The first kappa shape index (κ1) is 24.4. The van der Waals surface area contributed by atoms with Crippen molar-refractivity contribution in [3.63, 3.8) is 0 Å². The van der Waals surface area contributed by atoms with Crippen molar-refractivity contribution in [2.75, 3.05) is 69.0 Å². The van der Waals surface area contributed by atoms with Gasteiger partial charge in [-0.25, -0.2) is 28.2 Å². The zero-order valence-corrected chi connectivity index (χ0v) is 20.7. The van der Waals surface area contributed by atoms with E-state index in [1.54, 1.807) is 18.3 Å². The van der Waals surface area contributed by atoms with E-state index < -0.39 is 16.1 Å². The van der Waals surface area contributed by atoms with Gasteiger partial charge in [-0.1, -0.05) is 0 Å². The lowest BCUT2D eigenvalue weighted by Gasteiger charge is -2.32. The molecule has 0 saturated carbocycles. The summed E-state index contributed by atoms with van der Waals surface area (Å²) in [5, 5.41) is 2.44. The number of primary amides is 1. The van der Waals surface area contributed by atoms with Gasteiger partial charge in [0.2, 0.25) is 10.0 Å². The van der Waals surface area contributed by atoms with Crippen LogP contribution in [-0.4, -0.2) is 97.3 Å². The van der Waals surface area contributed by atoms with E-state index in [2.05, 4.69) is 20.1 Å². The summed E-state index contributed by atoms with van der Waals surface area (Å²) < 4.78 is 36.9. The molecule has 14 heteroatoms. The van der Waals surface area contributed by atoms with Crippen LogP contribution in [-0.2, 0) is 21.3 Å². The van der Waals surface area contributed by atoms with Crippen LogP contribution in [0.15, 0.2) is 28.8 Å². The van der Waals surface area contributed by atoms with Crippen molar-refractivity contribution in [3.05, 3.63) is 30.2 Å². The Hall–Kier alpha value is -3.33. The summed E-state index contributed by atoms with van der Waals surface area (Å²) >= 11 is 0. The molecule has 5 heterocycles. The number of ether oxygens (including phenoxy) is 1. The molecule has 192 valence electrons. The first-order valence-electron chi connectivity index (χ1n) is 11.6. The first-order valence-corrected chi connectivity index (χ1v) is 13.4. The van der Waals surface area contributed by atoms with Gasteiger partial charge in [0, 0.05) is 57.1 Å². The number of hydrogen-bond donors (Lipinski definition) is 2. The first-order chi connectivity index (χ1) is 17.3. The Morgan fingerprint density at radius 2 is 1.86 bits per heavy atom. The highest BCUT2D eigenvalue weighted by Gasteiger charge is 2.25. The number of piperazine rings is 1. The molecule has 3 aromatic rings. The van der Waals surface area contributed by atoms with E-state index in [9.17, 15) is 13.2 Å². The highest BCUT2D eigenvalue weighted by Crippen LogP contribution is 2.31. The standard InChI is InChI=1S/C22H28N8O5S/c1-36(32,33)30-6-4-28(5-7-30)14-16-12-17-19(35-16)21(29-8-10-34-11-9-29)27-20(25-17)15-2-3-18(24-13-15)26-22(23)31/h2-3,12-13H,4-11,14H2,1H3,(H3,23,24,26,31). The number of hydrogen-bond acceptors (Lipinski definition) is 10. The number of nitrogens with zero attached hydrogens (tertiary/aromatic N) is 6. The van der Waals surface area contributed by atoms with Crippen LogP contribution >= 0.6 is 0 Å². The minimum absolute atomic E-state index is 0.335. The van der Waals surface area contributed by atoms with Crippen LogP contribution < -0.4 is 16.0 Å². The van der Waals surface area contributed by atoms with Crippen LogP contribution in [0.5, 0.6) is 0 Å². The van der Waals surface area contributed by atoms with Crippen LogP contribution in [0.3, 0.4) is 0 Å². The van der Waals surface area contributed by atoms with Crippen molar-refractivity contribution in [3.8, 4) is 11.4 Å². The molecular weight excluding hydrogens is 488 g/mol. The van der Waals surface area contributed by atoms with Crippen LogP contribution in [0.25, 0.3) is 22.5 Å². The molecule has 2 saturated heterocycles. The molecule has 2 amide bonds. The summed E-state index contributed by atoms with van der Waals surface area (Å²) in [4.78, 5) is 29.1. The van der Waals surface area contributed by atoms with Crippen molar-refractivity contribution in [2.45, 2.75) is 6.54 Å². The Labute approximate surface area is 208 Å². The third-order valence-electron chi connectivity index (χ3n) is 6.17. The highest BCUT2D eigenvalue weighted by atomic mass is 32.2. The maximum atomic E-state index is 11.8. The van der Waals surface area contributed by atoms with Gasteiger partial charge in [0.25, 0.3) is 0 Å². The largest absolute Gasteiger partial charge is 0.454 e. The van der Waals surface area contributed by atoms with Crippen molar-refractivity contribution in [2.24, 2.45) is 5.73 Å². The Balaban J connectivity index is 1.43. The second-order valence-corrected chi connectivity index (χ2v) is 10.7. The number of nitrogens with one attached hydrogen (secondary N) is 1. The van der Waals surface area contributed by atoms with Gasteiger partial charge in [0.1, 0.15) is 17.1 Å². The summed E-state index contributed by atoms with van der Waals surface area (Å²) in [6.07, 6.45) is 2.82. The van der Waals surface area contributed by atoms with Gasteiger partial charge in [-0.2, -0.15) is 4.31 Å². The lowest BCUT2D eigenvalue weighted by atomic mass is 10.2. The average molecular weight is 517 g/mol. The van der Waals surface area contributed by atoms with Gasteiger partial charge in [0.15, 0.2) is 17.2 Å². The number of rotatable bonds is 6. The molecule has 3 aromatic heterocycles. The second kappa shape index (κ2) is 9.97. The molecule has 3 N–H and O–H groups in total. The van der Waals surface area contributed by atoms with Crippen molar-refractivity contribution in [1.82, 2.24) is 24.2 Å². The van der Waals surface area contributed by atoms with E-state index in [1.807, 2.05) is 6.07 Å². The number of furan rings is 1. The zero-order chi connectivity index (χ0) is 25.3. The number of pyridine rings is 1.